The summed E-state index contributed by atoms with van der Waals surface area (Å²) in [6.07, 6.45) is 0.990. The summed E-state index contributed by atoms with van der Waals surface area (Å²) in [6, 6.07) is 13.2. The third kappa shape index (κ3) is 3.41. The zero-order valence-corrected chi connectivity index (χ0v) is 14.6. The van der Waals surface area contributed by atoms with Gasteiger partial charge in [-0.15, -0.1) is 0 Å². The van der Waals surface area contributed by atoms with Crippen LogP contribution in [0.4, 0.5) is 4.79 Å². The van der Waals surface area contributed by atoms with Crippen molar-refractivity contribution in [2.24, 2.45) is 0 Å². The SMILES string of the molecule is O=C1NC(=O)C(Cc2ccc3oc(Cc4ccccc4Cl)nc3c2)S1. The van der Waals surface area contributed by atoms with Crippen molar-refractivity contribution < 1.29 is 14.0 Å². The van der Waals surface area contributed by atoms with Gasteiger partial charge in [0.15, 0.2) is 11.5 Å². The second-order valence-corrected chi connectivity index (χ2v) is 7.35. The maximum absolute atomic E-state index is 11.7. The van der Waals surface area contributed by atoms with Crippen LogP contribution in [0, 0.1) is 0 Å². The van der Waals surface area contributed by atoms with E-state index in [-0.39, 0.29) is 16.4 Å². The van der Waals surface area contributed by atoms with E-state index in [2.05, 4.69) is 10.3 Å². The van der Waals surface area contributed by atoms with Crippen LogP contribution in [-0.2, 0) is 17.6 Å². The fourth-order valence-corrected chi connectivity index (χ4v) is 3.83. The molecule has 1 unspecified atom stereocenters. The van der Waals surface area contributed by atoms with Gasteiger partial charge in [0.05, 0.1) is 11.7 Å². The Morgan fingerprint density at radius 3 is 2.80 bits per heavy atom. The molecule has 7 heteroatoms. The van der Waals surface area contributed by atoms with Crippen LogP contribution >= 0.6 is 23.4 Å². The summed E-state index contributed by atoms with van der Waals surface area (Å²) >= 11 is 7.21. The molecule has 0 saturated carbocycles. The Balaban J connectivity index is 1.56. The van der Waals surface area contributed by atoms with Gasteiger partial charge in [-0.2, -0.15) is 0 Å². The zero-order chi connectivity index (χ0) is 17.4. The fourth-order valence-electron chi connectivity index (χ4n) is 2.77. The topological polar surface area (TPSA) is 72.2 Å². The Morgan fingerprint density at radius 2 is 2.04 bits per heavy atom. The predicted octanol–water partition coefficient (Wildman–Crippen LogP) is 3.97. The Hall–Kier alpha value is -2.31. The van der Waals surface area contributed by atoms with E-state index in [1.165, 1.54) is 0 Å². The van der Waals surface area contributed by atoms with Gasteiger partial charge in [-0.25, -0.2) is 4.98 Å². The van der Waals surface area contributed by atoms with E-state index in [4.69, 9.17) is 16.0 Å². The van der Waals surface area contributed by atoms with Crippen LogP contribution in [0.25, 0.3) is 11.1 Å². The summed E-state index contributed by atoms with van der Waals surface area (Å²) < 4.78 is 5.78. The Morgan fingerprint density at radius 1 is 1.20 bits per heavy atom. The second kappa shape index (κ2) is 6.54. The molecular formula is C18H13ClN2O3S. The normalized spacial score (nSPS) is 17.2. The number of nitrogens with one attached hydrogen (secondary N) is 1. The Bertz CT molecular complexity index is 985. The standard InChI is InChI=1S/C18H13ClN2O3S/c19-12-4-2-1-3-11(12)9-16-20-13-7-10(5-6-14(13)24-16)8-15-17(22)21-18(23)25-15/h1-7,15H,8-9H2,(H,21,22,23). The molecule has 1 saturated heterocycles. The van der Waals surface area contributed by atoms with Crippen LogP contribution in [0.3, 0.4) is 0 Å². The van der Waals surface area contributed by atoms with E-state index in [1.807, 2.05) is 42.5 Å². The number of hydrogen-bond acceptors (Lipinski definition) is 5. The minimum Gasteiger partial charge on any atom is -0.440 e. The molecule has 2 amide bonds. The number of rotatable bonds is 4. The van der Waals surface area contributed by atoms with Crippen molar-refractivity contribution in [2.45, 2.75) is 18.1 Å². The number of carbonyl (C=O) groups excluding carboxylic acids is 2. The third-order valence-electron chi connectivity index (χ3n) is 3.98. The van der Waals surface area contributed by atoms with Gasteiger partial charge in [0.25, 0.3) is 5.24 Å². The van der Waals surface area contributed by atoms with Gasteiger partial charge in [0.1, 0.15) is 5.52 Å². The lowest BCUT2D eigenvalue weighted by atomic mass is 10.1. The number of imide groups is 1. The summed E-state index contributed by atoms with van der Waals surface area (Å²) in [5.41, 5.74) is 3.31. The van der Waals surface area contributed by atoms with Gasteiger partial charge in [-0.3, -0.25) is 14.9 Å². The Kier molecular flexibility index (Phi) is 4.23. The maximum atomic E-state index is 11.7. The highest BCUT2D eigenvalue weighted by atomic mass is 35.5. The maximum Gasteiger partial charge on any atom is 0.286 e. The van der Waals surface area contributed by atoms with Crippen molar-refractivity contribution in [2.75, 3.05) is 0 Å². The summed E-state index contributed by atoms with van der Waals surface area (Å²) in [4.78, 5) is 27.5. The van der Waals surface area contributed by atoms with Crippen molar-refractivity contribution in [1.82, 2.24) is 10.3 Å². The van der Waals surface area contributed by atoms with Crippen LogP contribution in [0.15, 0.2) is 46.9 Å². The molecule has 126 valence electrons. The number of aromatic nitrogens is 1. The van der Waals surface area contributed by atoms with Gasteiger partial charge in [-0.1, -0.05) is 47.6 Å². The summed E-state index contributed by atoms with van der Waals surface area (Å²) in [5.74, 6) is 0.345. The molecule has 0 spiro atoms. The molecular weight excluding hydrogens is 360 g/mol. The van der Waals surface area contributed by atoms with E-state index < -0.39 is 0 Å². The molecule has 4 rings (SSSR count). The quantitative estimate of drug-likeness (QED) is 0.750. The molecule has 0 radical (unpaired) electrons. The average Bonchev–Trinajstić information content (AvgIpc) is 3.11. The first-order chi connectivity index (χ1) is 12.1. The van der Waals surface area contributed by atoms with Crippen molar-refractivity contribution in [1.29, 1.82) is 0 Å². The molecule has 2 aromatic carbocycles. The lowest BCUT2D eigenvalue weighted by molar-refractivity contribution is -0.118. The molecule has 1 aliphatic rings. The number of thioether (sulfide) groups is 1. The van der Waals surface area contributed by atoms with E-state index in [9.17, 15) is 9.59 Å². The highest BCUT2D eigenvalue weighted by Gasteiger charge is 2.31. The first kappa shape index (κ1) is 16.2. The average molecular weight is 373 g/mol. The van der Waals surface area contributed by atoms with Crippen LogP contribution in [0.2, 0.25) is 5.02 Å². The highest BCUT2D eigenvalue weighted by molar-refractivity contribution is 8.15. The van der Waals surface area contributed by atoms with Gasteiger partial charge >= 0.3 is 0 Å². The van der Waals surface area contributed by atoms with Crippen LogP contribution in [0.1, 0.15) is 17.0 Å². The van der Waals surface area contributed by atoms with Gasteiger partial charge < -0.3 is 4.42 Å². The van der Waals surface area contributed by atoms with Crippen molar-refractivity contribution >= 4 is 45.6 Å². The van der Waals surface area contributed by atoms with Crippen molar-refractivity contribution in [3.63, 3.8) is 0 Å². The van der Waals surface area contributed by atoms with Crippen molar-refractivity contribution in [3.05, 3.63) is 64.5 Å². The molecule has 1 aromatic heterocycles. The smallest absolute Gasteiger partial charge is 0.286 e. The van der Waals surface area contributed by atoms with E-state index in [0.29, 0.717) is 29.3 Å². The molecule has 1 aliphatic heterocycles. The number of halogens is 1. The zero-order valence-electron chi connectivity index (χ0n) is 13.0. The van der Waals surface area contributed by atoms with Crippen LogP contribution in [-0.4, -0.2) is 21.4 Å². The number of carbonyl (C=O) groups is 2. The molecule has 1 fully saturated rings. The number of hydrogen-bond donors (Lipinski definition) is 1. The van der Waals surface area contributed by atoms with Gasteiger partial charge in [0, 0.05) is 5.02 Å². The highest BCUT2D eigenvalue weighted by Crippen LogP contribution is 2.26. The monoisotopic (exact) mass is 372 g/mol. The number of amides is 2. The van der Waals surface area contributed by atoms with Crippen LogP contribution < -0.4 is 5.32 Å². The molecule has 25 heavy (non-hydrogen) atoms. The number of oxazole rings is 1. The lowest BCUT2D eigenvalue weighted by Crippen LogP contribution is -2.25. The number of fused-ring (bicyclic) bond motifs is 1. The molecule has 3 aromatic rings. The third-order valence-corrected chi connectivity index (χ3v) is 5.33. The minimum absolute atomic E-state index is 0.241. The first-order valence-corrected chi connectivity index (χ1v) is 8.97. The van der Waals surface area contributed by atoms with E-state index in [1.54, 1.807) is 0 Å². The fraction of sp³-hybridized carbons (Fsp3) is 0.167. The summed E-state index contributed by atoms with van der Waals surface area (Å²) in [6.45, 7) is 0. The molecule has 5 nitrogen and oxygen atoms in total. The lowest BCUT2D eigenvalue weighted by Gasteiger charge is -2.04. The van der Waals surface area contributed by atoms with Gasteiger partial charge in [0.2, 0.25) is 5.91 Å². The van der Waals surface area contributed by atoms with Crippen LogP contribution in [0.5, 0.6) is 0 Å². The largest absolute Gasteiger partial charge is 0.440 e. The molecule has 2 heterocycles. The first-order valence-electron chi connectivity index (χ1n) is 7.72. The van der Waals surface area contributed by atoms with E-state index >= 15 is 0 Å². The minimum atomic E-state index is -0.389. The van der Waals surface area contributed by atoms with Crippen molar-refractivity contribution in [3.8, 4) is 0 Å². The molecule has 1 N–H and O–H groups in total. The van der Waals surface area contributed by atoms with E-state index in [0.717, 1.165) is 28.4 Å². The second-order valence-electron chi connectivity index (χ2n) is 5.77. The number of benzene rings is 2. The molecule has 1 atom stereocenters. The van der Waals surface area contributed by atoms with Gasteiger partial charge in [-0.05, 0) is 35.7 Å². The summed E-state index contributed by atoms with van der Waals surface area (Å²) in [7, 11) is 0. The molecule has 0 bridgehead atoms. The summed E-state index contributed by atoms with van der Waals surface area (Å²) in [5, 5.41) is 2.30. The Labute approximate surface area is 152 Å². The predicted molar refractivity (Wildman–Crippen MR) is 96.9 cm³/mol. The molecule has 0 aliphatic carbocycles. The number of nitrogens with zero attached hydrogens (tertiary/aromatic N) is 1.